The minimum absolute atomic E-state index is 0.181. The number of fused-ring (bicyclic) bond motifs is 1. The topological polar surface area (TPSA) is 85.0 Å². The van der Waals surface area contributed by atoms with Crippen molar-refractivity contribution >= 4 is 22.6 Å². The van der Waals surface area contributed by atoms with E-state index < -0.39 is 0 Å². The maximum absolute atomic E-state index is 13.1. The Balaban J connectivity index is 1.43. The van der Waals surface area contributed by atoms with E-state index in [9.17, 15) is 14.0 Å². The van der Waals surface area contributed by atoms with Crippen molar-refractivity contribution in [2.75, 3.05) is 25.5 Å². The molecule has 2 aromatic heterocycles. The predicted octanol–water partition coefficient (Wildman–Crippen LogP) is 2.28. The number of amides is 1. The number of benzene rings is 2. The molecule has 2 heterocycles. The van der Waals surface area contributed by atoms with Gasteiger partial charge in [-0.1, -0.05) is 18.2 Å². The van der Waals surface area contributed by atoms with Crippen LogP contribution in [0.25, 0.3) is 11.0 Å². The first-order chi connectivity index (χ1) is 15.4. The van der Waals surface area contributed by atoms with Crippen LogP contribution in [0, 0.1) is 5.82 Å². The first-order valence-electron chi connectivity index (χ1n) is 10.1. The molecule has 0 spiro atoms. The van der Waals surface area contributed by atoms with Gasteiger partial charge in [0.1, 0.15) is 17.5 Å². The van der Waals surface area contributed by atoms with Gasteiger partial charge >= 0.3 is 0 Å². The Bertz CT molecular complexity index is 1310. The van der Waals surface area contributed by atoms with Gasteiger partial charge in [0.05, 0.1) is 19.3 Å². The molecule has 0 atom stereocenters. The van der Waals surface area contributed by atoms with Crippen LogP contribution in [0.15, 0.2) is 65.8 Å². The molecular weight excluding hydrogens is 411 g/mol. The van der Waals surface area contributed by atoms with Crippen LogP contribution in [0.3, 0.4) is 0 Å². The second-order valence-electron chi connectivity index (χ2n) is 7.61. The van der Waals surface area contributed by atoms with Crippen molar-refractivity contribution in [2.24, 2.45) is 0 Å². The van der Waals surface area contributed by atoms with Crippen LogP contribution in [0.1, 0.15) is 15.9 Å². The smallest absolute Gasteiger partial charge is 0.264 e. The largest absolute Gasteiger partial charge is 0.378 e. The third-order valence-corrected chi connectivity index (χ3v) is 5.12. The Morgan fingerprint density at radius 1 is 1.16 bits per heavy atom. The number of nitrogens with zero attached hydrogens (tertiary/aromatic N) is 5. The zero-order chi connectivity index (χ0) is 22.7. The van der Waals surface area contributed by atoms with Crippen LogP contribution in [0.2, 0.25) is 0 Å². The van der Waals surface area contributed by atoms with Crippen molar-refractivity contribution < 1.29 is 9.18 Å². The fourth-order valence-electron chi connectivity index (χ4n) is 3.36. The summed E-state index contributed by atoms with van der Waals surface area (Å²) in [6, 6.07) is 13.3. The lowest BCUT2D eigenvalue weighted by Gasteiger charge is -2.13. The molecule has 8 nitrogen and oxygen atoms in total. The van der Waals surface area contributed by atoms with Crippen molar-refractivity contribution in [3.05, 3.63) is 88.4 Å². The highest BCUT2D eigenvalue weighted by Gasteiger charge is 2.12. The number of halogens is 1. The van der Waals surface area contributed by atoms with E-state index in [1.165, 1.54) is 29.2 Å². The predicted molar refractivity (Wildman–Crippen MR) is 120 cm³/mol. The molecule has 4 aromatic rings. The summed E-state index contributed by atoms with van der Waals surface area (Å²) in [6.07, 6.45) is 2.94. The van der Waals surface area contributed by atoms with Crippen LogP contribution in [0.4, 0.5) is 10.1 Å². The number of nitrogens with one attached hydrogen (secondary N) is 1. The number of carbonyl (C=O) groups excluding carboxylic acids is 1. The molecule has 0 radical (unpaired) electrons. The van der Waals surface area contributed by atoms with Gasteiger partial charge in [0, 0.05) is 31.9 Å². The molecule has 164 valence electrons. The van der Waals surface area contributed by atoms with Crippen molar-refractivity contribution in [3.63, 3.8) is 0 Å². The lowest BCUT2D eigenvalue weighted by atomic mass is 10.2. The molecule has 0 aliphatic carbocycles. The van der Waals surface area contributed by atoms with Crippen LogP contribution >= 0.6 is 0 Å². The average molecular weight is 434 g/mol. The summed E-state index contributed by atoms with van der Waals surface area (Å²) in [7, 11) is 3.83. The summed E-state index contributed by atoms with van der Waals surface area (Å²) < 4.78 is 16.1. The highest BCUT2D eigenvalue weighted by Crippen LogP contribution is 2.13. The first kappa shape index (κ1) is 21.2. The molecule has 32 heavy (non-hydrogen) atoms. The Morgan fingerprint density at radius 2 is 1.94 bits per heavy atom. The van der Waals surface area contributed by atoms with Crippen molar-refractivity contribution in [2.45, 2.75) is 13.1 Å². The molecule has 0 saturated heterocycles. The van der Waals surface area contributed by atoms with Gasteiger partial charge in [-0.05, 0) is 35.9 Å². The minimum Gasteiger partial charge on any atom is -0.378 e. The van der Waals surface area contributed by atoms with Gasteiger partial charge in [0.15, 0.2) is 5.65 Å². The standard InChI is InChI=1S/C23H23FN6O2/c1-28(2)19-5-3-4-17(12-19)22(31)25-10-11-30-21-20(13-27-30)23(32)29(15-26-21)14-16-6-8-18(24)9-7-16/h3-9,12-13,15H,10-11,14H2,1-2H3,(H,25,31). The third kappa shape index (κ3) is 4.51. The van der Waals surface area contributed by atoms with E-state index in [4.69, 9.17) is 0 Å². The van der Waals surface area contributed by atoms with Crippen molar-refractivity contribution in [1.82, 2.24) is 24.6 Å². The van der Waals surface area contributed by atoms with E-state index in [2.05, 4.69) is 15.4 Å². The summed E-state index contributed by atoms with van der Waals surface area (Å²) in [5, 5.41) is 7.52. The molecule has 1 N–H and O–H groups in total. The minimum atomic E-state index is -0.326. The van der Waals surface area contributed by atoms with Gasteiger partial charge in [0.2, 0.25) is 0 Å². The molecule has 1 amide bonds. The number of carbonyl (C=O) groups is 1. The second-order valence-corrected chi connectivity index (χ2v) is 7.61. The van der Waals surface area contributed by atoms with E-state index in [0.29, 0.717) is 29.7 Å². The summed E-state index contributed by atoms with van der Waals surface area (Å²) in [4.78, 5) is 31.5. The third-order valence-electron chi connectivity index (χ3n) is 5.12. The number of hydrogen-bond donors (Lipinski definition) is 1. The van der Waals surface area contributed by atoms with Gasteiger partial charge in [-0.25, -0.2) is 14.1 Å². The molecular formula is C23H23FN6O2. The second kappa shape index (κ2) is 9.01. The Hall–Kier alpha value is -4.01. The maximum atomic E-state index is 13.1. The summed E-state index contributed by atoms with van der Waals surface area (Å²) >= 11 is 0. The zero-order valence-electron chi connectivity index (χ0n) is 17.8. The Labute approximate surface area is 183 Å². The normalized spacial score (nSPS) is 11.0. The lowest BCUT2D eigenvalue weighted by Crippen LogP contribution is -2.28. The zero-order valence-corrected chi connectivity index (χ0v) is 17.8. The maximum Gasteiger partial charge on any atom is 0.264 e. The molecule has 0 aliphatic rings. The van der Waals surface area contributed by atoms with E-state index in [1.807, 2.05) is 37.2 Å². The number of aromatic nitrogens is 4. The average Bonchev–Trinajstić information content (AvgIpc) is 3.21. The summed E-state index contributed by atoms with van der Waals surface area (Å²) in [5.74, 6) is -0.506. The number of hydrogen-bond acceptors (Lipinski definition) is 5. The molecule has 0 fully saturated rings. The van der Waals surface area contributed by atoms with Crippen LogP contribution in [-0.2, 0) is 13.1 Å². The molecule has 0 aliphatic heterocycles. The highest BCUT2D eigenvalue weighted by molar-refractivity contribution is 5.95. The molecule has 9 heteroatoms. The molecule has 4 rings (SSSR count). The van der Waals surface area contributed by atoms with Gasteiger partial charge in [-0.3, -0.25) is 14.2 Å². The van der Waals surface area contributed by atoms with E-state index >= 15 is 0 Å². The SMILES string of the molecule is CN(C)c1cccc(C(=O)NCCn2ncc3c(=O)n(Cc4ccc(F)cc4)cnc32)c1. The van der Waals surface area contributed by atoms with Gasteiger partial charge < -0.3 is 10.2 Å². The van der Waals surface area contributed by atoms with Crippen molar-refractivity contribution in [1.29, 1.82) is 0 Å². The van der Waals surface area contributed by atoms with Crippen LogP contribution in [0.5, 0.6) is 0 Å². The molecule has 0 saturated carbocycles. The van der Waals surface area contributed by atoms with E-state index in [0.717, 1.165) is 11.3 Å². The van der Waals surface area contributed by atoms with Crippen LogP contribution in [-0.4, -0.2) is 45.9 Å². The van der Waals surface area contributed by atoms with Gasteiger partial charge in [-0.2, -0.15) is 5.10 Å². The van der Waals surface area contributed by atoms with Gasteiger partial charge in [-0.15, -0.1) is 0 Å². The van der Waals surface area contributed by atoms with Crippen molar-refractivity contribution in [3.8, 4) is 0 Å². The van der Waals surface area contributed by atoms with E-state index in [1.54, 1.807) is 22.9 Å². The first-order valence-corrected chi connectivity index (χ1v) is 10.1. The lowest BCUT2D eigenvalue weighted by molar-refractivity contribution is 0.0952. The monoisotopic (exact) mass is 434 g/mol. The summed E-state index contributed by atoms with van der Waals surface area (Å²) in [6.45, 7) is 0.995. The molecule has 0 unspecified atom stereocenters. The fraction of sp³-hybridized carbons (Fsp3) is 0.217. The number of anilines is 1. The summed E-state index contributed by atoms with van der Waals surface area (Å²) in [5.41, 5.74) is 2.53. The van der Waals surface area contributed by atoms with E-state index in [-0.39, 0.29) is 23.8 Å². The number of rotatable bonds is 7. The van der Waals surface area contributed by atoms with Gasteiger partial charge in [0.25, 0.3) is 11.5 Å². The molecule has 2 aromatic carbocycles. The highest BCUT2D eigenvalue weighted by atomic mass is 19.1. The Kier molecular flexibility index (Phi) is 5.98. The Morgan fingerprint density at radius 3 is 2.69 bits per heavy atom. The van der Waals surface area contributed by atoms with Crippen LogP contribution < -0.4 is 15.8 Å². The fourth-order valence-corrected chi connectivity index (χ4v) is 3.36. The quantitative estimate of drug-likeness (QED) is 0.482. The molecule has 0 bridgehead atoms.